The first-order valence-electron chi connectivity index (χ1n) is 22.6. The van der Waals surface area contributed by atoms with E-state index < -0.39 is 138 Å². The quantitative estimate of drug-likeness (QED) is 0.142. The molecule has 1 amide bonds. The van der Waals surface area contributed by atoms with E-state index in [0.717, 1.165) is 6.92 Å². The highest BCUT2D eigenvalue weighted by atomic mass is 16.6. The van der Waals surface area contributed by atoms with E-state index in [9.17, 15) is 34.2 Å². The van der Waals surface area contributed by atoms with Crippen LogP contribution in [0.4, 0.5) is 4.79 Å². The summed E-state index contributed by atoms with van der Waals surface area (Å²) < 4.78 is 66.3. The van der Waals surface area contributed by atoms with Gasteiger partial charge in [-0.15, -0.1) is 0 Å². The molecule has 2 aromatic carbocycles. The van der Waals surface area contributed by atoms with E-state index in [0.29, 0.717) is 0 Å². The van der Waals surface area contributed by atoms with Crippen molar-refractivity contribution in [1.29, 1.82) is 0 Å². The molecule has 1 heterocycles. The second kappa shape index (κ2) is 17.6. The van der Waals surface area contributed by atoms with Crippen LogP contribution in [0.1, 0.15) is 101 Å². The fourth-order valence-corrected chi connectivity index (χ4v) is 9.97. The van der Waals surface area contributed by atoms with Gasteiger partial charge in [0.15, 0.2) is 11.4 Å². The first kappa shape index (κ1) is 44.0. The second-order valence-electron chi connectivity index (χ2n) is 18.9. The van der Waals surface area contributed by atoms with Crippen molar-refractivity contribution < 1.29 is 76.3 Å². The van der Waals surface area contributed by atoms with Crippen molar-refractivity contribution in [1.82, 2.24) is 5.32 Å². The Hall–Kier alpha value is -5.20. The van der Waals surface area contributed by atoms with Crippen molar-refractivity contribution in [3.63, 3.8) is 0 Å². The second-order valence-corrected chi connectivity index (χ2v) is 18.9. The van der Waals surface area contributed by atoms with Crippen molar-refractivity contribution in [2.24, 2.45) is 22.5 Å². The van der Waals surface area contributed by atoms with Gasteiger partial charge in [0, 0.05) is 32.2 Å². The fourth-order valence-electron chi connectivity index (χ4n) is 9.97. The fraction of sp³-hybridized carbons (Fsp3) is 0.574. The maximum absolute atomic E-state index is 15.7. The van der Waals surface area contributed by atoms with E-state index in [2.05, 4.69) is 5.32 Å². The number of alkyl carbamates (subject to hydrolysis) is 1. The minimum Gasteiger partial charge on any atom is -0.455 e. The Bertz CT molecular complexity index is 2280. The van der Waals surface area contributed by atoms with Crippen molar-refractivity contribution in [3.05, 3.63) is 82.9 Å². The van der Waals surface area contributed by atoms with Crippen molar-refractivity contribution >= 4 is 35.8 Å². The number of hydrogen-bond donors (Lipinski definition) is 4. The van der Waals surface area contributed by atoms with Gasteiger partial charge in [-0.3, -0.25) is 14.4 Å². The molecule has 1 aliphatic heterocycles. The predicted octanol–water partition coefficient (Wildman–Crippen LogP) is 3.81. The first-order chi connectivity index (χ1) is 31.0. The number of fused-ring (bicyclic) bond motifs is 5. The highest BCUT2D eigenvalue weighted by molar-refractivity contribution is 5.94. The minimum absolute atomic E-state index is 0.0101. The lowest BCUT2D eigenvalue weighted by atomic mass is 9.44. The molecule has 0 aromatic heterocycles. The van der Waals surface area contributed by atoms with Crippen LogP contribution in [0.5, 0.6) is 0 Å². The number of ether oxygens (including phenoxy) is 7. The van der Waals surface area contributed by atoms with Crippen LogP contribution in [0, 0.1) is 16.7 Å². The Kier molecular flexibility index (Phi) is 12.1. The lowest BCUT2D eigenvalue weighted by Crippen LogP contribution is -2.81. The third-order valence-corrected chi connectivity index (χ3v) is 13.3. The summed E-state index contributed by atoms with van der Waals surface area (Å²) in [5, 5.41) is 28.6. The van der Waals surface area contributed by atoms with Crippen LogP contribution in [-0.2, 0) is 52.3 Å². The van der Waals surface area contributed by atoms with Crippen LogP contribution in [-0.4, -0.2) is 119 Å². The van der Waals surface area contributed by atoms with Crippen LogP contribution >= 0.6 is 0 Å². The average Bonchev–Trinajstić information content (AvgIpc) is 3.22. The van der Waals surface area contributed by atoms with E-state index in [-0.39, 0.29) is 28.7 Å². The molecule has 17 heteroatoms. The highest BCUT2D eigenvalue weighted by Crippen LogP contribution is 2.64. The van der Waals surface area contributed by atoms with E-state index in [1.165, 1.54) is 46.8 Å². The summed E-state index contributed by atoms with van der Waals surface area (Å²) in [6.45, 7) is 12.5. The Morgan fingerprint density at radius 2 is 1.61 bits per heavy atom. The van der Waals surface area contributed by atoms with Gasteiger partial charge >= 0.3 is 30.0 Å². The zero-order valence-corrected chi connectivity index (χ0v) is 37.4. The number of ketones is 1. The molecule has 1 saturated heterocycles. The van der Waals surface area contributed by atoms with Gasteiger partial charge in [-0.25, -0.2) is 14.4 Å². The topological polar surface area (TPSA) is 246 Å². The number of nitrogens with one attached hydrogen (secondary N) is 1. The van der Waals surface area contributed by atoms with Gasteiger partial charge in [0.05, 0.1) is 33.7 Å². The summed E-state index contributed by atoms with van der Waals surface area (Å²) in [7, 11) is -3.31. The number of esters is 4. The summed E-state index contributed by atoms with van der Waals surface area (Å²) in [4.78, 5) is 84.7. The molecule has 0 radical (unpaired) electrons. The standard InChI is InChI=1S/C47H60N2O15/c1-24-29(60-41(55)35(61-39(53)25(2)48)33(27-17-13-11-14-18-27)49-42(56)64-43(4,5)6)22-47(57)38(62-40(54)28-19-15-12-16-20-28)36-45(9,37(52)34(58-10)32(24)44(47,7)8)30(51)21-31-46(36,23-59-31)63-26(3)50/h11-20,25,29-31,33-36,38,51,57H,21-23,48H2,1-10H3,(H,49,56)/t25?,29-,30-,31+,33-,34+,35+,36-,38-,45+,46-,47+/m0/s1/i10D3. The summed E-state index contributed by atoms with van der Waals surface area (Å²) in [5.41, 5.74) is -3.50. The maximum atomic E-state index is 15.7. The lowest BCUT2D eigenvalue weighted by Gasteiger charge is -2.67. The molecule has 5 N–H and O–H groups in total. The van der Waals surface area contributed by atoms with Gasteiger partial charge in [-0.2, -0.15) is 0 Å². The van der Waals surface area contributed by atoms with Crippen LogP contribution in [0.2, 0.25) is 0 Å². The number of methoxy groups -OCH3 is 1. The molecule has 1 unspecified atom stereocenters. The lowest BCUT2D eigenvalue weighted by molar-refractivity contribution is -0.346. The smallest absolute Gasteiger partial charge is 0.408 e. The number of rotatable bonds is 11. The van der Waals surface area contributed by atoms with E-state index in [4.69, 9.17) is 43.0 Å². The average molecular weight is 896 g/mol. The highest BCUT2D eigenvalue weighted by Gasteiger charge is 2.78. The largest absolute Gasteiger partial charge is 0.455 e. The van der Waals surface area contributed by atoms with Crippen LogP contribution in [0.3, 0.4) is 0 Å². The Labute approximate surface area is 376 Å². The maximum Gasteiger partial charge on any atom is 0.408 e. The first-order valence-corrected chi connectivity index (χ1v) is 21.1. The predicted molar refractivity (Wildman–Crippen MR) is 226 cm³/mol. The normalized spacial score (nSPS) is 32.9. The third kappa shape index (κ3) is 8.43. The molecule has 17 nitrogen and oxygen atoms in total. The Morgan fingerprint density at radius 3 is 2.16 bits per heavy atom. The van der Waals surface area contributed by atoms with Crippen molar-refractivity contribution in [2.75, 3.05) is 13.6 Å². The van der Waals surface area contributed by atoms with Gasteiger partial charge in [0.25, 0.3) is 0 Å². The van der Waals surface area contributed by atoms with Gasteiger partial charge in [0.2, 0.25) is 6.10 Å². The number of hydrogen-bond acceptors (Lipinski definition) is 16. The van der Waals surface area contributed by atoms with Gasteiger partial charge in [-0.1, -0.05) is 62.4 Å². The number of carbonyl (C=O) groups excluding carboxylic acids is 6. The summed E-state index contributed by atoms with van der Waals surface area (Å²) in [5.74, 6) is -6.95. The molecular weight excluding hydrogens is 833 g/mol. The van der Waals surface area contributed by atoms with E-state index in [1.54, 1.807) is 69.3 Å². The number of amides is 1. The Balaban J connectivity index is 1.59. The molecule has 12 atom stereocenters. The number of nitrogens with two attached hydrogens (primary N) is 1. The van der Waals surface area contributed by atoms with Gasteiger partial charge < -0.3 is 54.4 Å². The van der Waals surface area contributed by atoms with Crippen LogP contribution < -0.4 is 11.1 Å². The van der Waals surface area contributed by atoms with Gasteiger partial charge in [-0.05, 0) is 70.4 Å². The Morgan fingerprint density at radius 1 is 0.984 bits per heavy atom. The third-order valence-electron chi connectivity index (χ3n) is 13.3. The molecule has 2 bridgehead atoms. The molecule has 0 spiro atoms. The molecule has 348 valence electrons. The molecule has 6 rings (SSSR count). The molecule has 4 aliphatic rings. The zero-order valence-electron chi connectivity index (χ0n) is 40.4. The molecule has 64 heavy (non-hydrogen) atoms. The van der Waals surface area contributed by atoms with Crippen LogP contribution in [0.25, 0.3) is 0 Å². The number of benzene rings is 2. The molecule has 2 aromatic rings. The zero-order chi connectivity index (χ0) is 49.8. The monoisotopic (exact) mass is 895 g/mol. The van der Waals surface area contributed by atoms with E-state index >= 15 is 4.79 Å². The van der Waals surface area contributed by atoms with E-state index in [1.807, 2.05) is 0 Å². The van der Waals surface area contributed by atoms with Crippen LogP contribution in [0.15, 0.2) is 71.8 Å². The number of aliphatic hydroxyl groups is 2. The van der Waals surface area contributed by atoms with Gasteiger partial charge in [0.1, 0.15) is 47.7 Å². The number of Topliss-reactive ketones (excluding diaryl/α,β-unsaturated/α-hetero) is 1. The molecule has 3 fully saturated rings. The molecular formula is C47H60N2O15. The molecule has 2 saturated carbocycles. The summed E-state index contributed by atoms with van der Waals surface area (Å²) >= 11 is 0. The number of carbonyl (C=O) groups is 6. The number of aliphatic hydroxyl groups excluding tert-OH is 1. The summed E-state index contributed by atoms with van der Waals surface area (Å²) in [6.07, 6.45) is -12.5. The van der Waals surface area contributed by atoms with Crippen molar-refractivity contribution in [2.45, 2.75) is 141 Å². The SMILES string of the molecule is [2H]C([2H])([2H])O[C@H]1C(=O)[C@@]2(C)[C@H]([C@H](OC(=O)c3ccccc3)[C@]3(O)C[C@H](OC(=O)[C@H](OC(=O)C(C)N)[C@@H](NC(=O)OC(C)(C)C)c4ccccc4)C(C)=C1C3(C)C)[C@]1(OC(C)=O)CO[C@@H]1C[C@@H]2O. The summed E-state index contributed by atoms with van der Waals surface area (Å²) in [6, 6.07) is 12.8. The minimum atomic E-state index is -3.31. The van der Waals surface area contributed by atoms with Crippen molar-refractivity contribution in [3.8, 4) is 0 Å². The molecule has 3 aliphatic carbocycles.